The van der Waals surface area contributed by atoms with Crippen LogP contribution in [-0.2, 0) is 49.7 Å². The Hall–Kier alpha value is -5.55. The Morgan fingerprint density at radius 2 is 1.78 bits per heavy atom. The molecule has 0 saturated heterocycles. The highest BCUT2D eigenvalue weighted by atomic mass is 16.6. The third-order valence-corrected chi connectivity index (χ3v) is 14.6. The van der Waals surface area contributed by atoms with E-state index in [0.717, 1.165) is 11.1 Å². The van der Waals surface area contributed by atoms with Crippen molar-refractivity contribution in [1.82, 2.24) is 0 Å². The van der Waals surface area contributed by atoms with Crippen LogP contribution < -0.4 is 10.1 Å². The molecule has 9 unspecified atom stereocenters. The van der Waals surface area contributed by atoms with E-state index < -0.39 is 59.0 Å². The number of ketones is 1. The minimum absolute atomic E-state index is 0.0704. The topological polar surface area (TPSA) is 192 Å². The average Bonchev–Trinajstić information content (AvgIpc) is 3.32. The van der Waals surface area contributed by atoms with Gasteiger partial charge in [-0.1, -0.05) is 79.8 Å². The van der Waals surface area contributed by atoms with Crippen molar-refractivity contribution in [3.05, 3.63) is 123 Å². The number of phenolic OH excluding ortho intramolecular Hbond substituents is 1. The number of aliphatic hydroxyl groups excluding tert-OH is 2. The number of ether oxygens (including phenoxy) is 3. The lowest BCUT2D eigenvalue weighted by molar-refractivity contribution is -0.176. The van der Waals surface area contributed by atoms with E-state index in [9.17, 15) is 35.1 Å². The van der Waals surface area contributed by atoms with Crippen LogP contribution in [0.1, 0.15) is 128 Å². The summed E-state index contributed by atoms with van der Waals surface area (Å²) in [6, 6.07) is 15.0. The number of aromatic hydroxyl groups is 1. The van der Waals surface area contributed by atoms with E-state index in [1.165, 1.54) is 6.08 Å². The van der Waals surface area contributed by atoms with E-state index in [1.807, 2.05) is 61.6 Å². The number of anilines is 1. The Morgan fingerprint density at radius 1 is 0.985 bits per heavy atom. The molecule has 1 fully saturated rings. The summed E-state index contributed by atoms with van der Waals surface area (Å²) in [5.41, 5.74) is 2.22. The van der Waals surface area contributed by atoms with Gasteiger partial charge in [-0.25, -0.2) is 4.79 Å². The summed E-state index contributed by atoms with van der Waals surface area (Å²) >= 11 is 0. The molecule has 8 rings (SSSR count). The fraction of sp³-hybridized carbons (Fsp3) is 0.482. The summed E-state index contributed by atoms with van der Waals surface area (Å²) in [5, 5.41) is 62.7. The van der Waals surface area contributed by atoms with Crippen molar-refractivity contribution in [2.24, 2.45) is 11.8 Å². The maximum Gasteiger partial charge on any atom is 0.334 e. The molecule has 6 N–H and O–H groups in total. The van der Waals surface area contributed by atoms with Crippen LogP contribution in [0.4, 0.5) is 5.69 Å². The first-order valence-corrected chi connectivity index (χ1v) is 24.2. The standard InChI is InChI=1S/C56H65NO11/c1-4-17-56(65)44-15-16-48(60)41(26-44)21-34-9-8-10-35(20-34)24-46(59)28-43-25-38(40-22-36(32-58)23-45(27-40)57-33-55(2,64)18-19-66-3)13-14-39-31-50(61)68-53-47(39)29-42(30-49(56)67-54(43)63)52(62)51(53)37-11-6-5-7-12-37/h5-11,20,22-23,27-29,37-39,41,44,46,49,57-59,62,64-65H,4,12,15-19,21,24-26,30-33H2,1-3H3. The number of rotatable bonds is 11. The minimum Gasteiger partial charge on any atom is -0.507 e. The van der Waals surface area contributed by atoms with Crippen LogP contribution in [0.25, 0.3) is 0 Å². The molecule has 0 radical (unpaired) electrons. The van der Waals surface area contributed by atoms with Crippen molar-refractivity contribution in [2.45, 2.75) is 139 Å². The Balaban J connectivity index is 1.34. The molecule has 8 bridgehead atoms. The zero-order chi connectivity index (χ0) is 48.2. The van der Waals surface area contributed by atoms with E-state index in [0.29, 0.717) is 78.6 Å². The largest absolute Gasteiger partial charge is 0.507 e. The van der Waals surface area contributed by atoms with Gasteiger partial charge in [-0.3, -0.25) is 9.59 Å². The van der Waals surface area contributed by atoms with Crippen LogP contribution in [-0.4, -0.2) is 86.9 Å². The molecule has 5 aliphatic rings. The summed E-state index contributed by atoms with van der Waals surface area (Å²) in [4.78, 5) is 42.5. The number of Topliss-reactive ketones (excluding diaryl/α,β-unsaturated/α-hetero) is 1. The maximum atomic E-state index is 15.2. The molecular formula is C56H65NO11. The van der Waals surface area contributed by atoms with Crippen molar-refractivity contribution in [1.29, 1.82) is 0 Å². The second kappa shape index (κ2) is 21.0. The number of carbonyl (C=O) groups excluding carboxylic acids is 3. The number of hydrogen-bond donors (Lipinski definition) is 6. The van der Waals surface area contributed by atoms with Crippen LogP contribution in [0.5, 0.6) is 11.5 Å². The number of carbonyl (C=O) groups is 3. The fourth-order valence-electron chi connectivity index (χ4n) is 10.9. The zero-order valence-corrected chi connectivity index (χ0v) is 39.3. The zero-order valence-electron chi connectivity index (χ0n) is 39.3. The quantitative estimate of drug-likeness (QED) is 0.0639. The summed E-state index contributed by atoms with van der Waals surface area (Å²) < 4.78 is 17.9. The Kier molecular flexibility index (Phi) is 15.1. The molecule has 12 heteroatoms. The van der Waals surface area contributed by atoms with Gasteiger partial charge in [-0.05, 0) is 103 Å². The molecule has 9 atom stereocenters. The van der Waals surface area contributed by atoms with Gasteiger partial charge in [0.25, 0.3) is 0 Å². The minimum atomic E-state index is -1.66. The van der Waals surface area contributed by atoms with Crippen molar-refractivity contribution in [3.63, 3.8) is 0 Å². The molecule has 68 heavy (non-hydrogen) atoms. The van der Waals surface area contributed by atoms with Gasteiger partial charge in [-0.2, -0.15) is 0 Å². The van der Waals surface area contributed by atoms with Crippen LogP contribution in [0.2, 0.25) is 0 Å². The second-order valence-corrected chi connectivity index (χ2v) is 19.8. The van der Waals surface area contributed by atoms with Gasteiger partial charge in [0.2, 0.25) is 0 Å². The lowest BCUT2D eigenvalue weighted by Gasteiger charge is -2.45. The highest BCUT2D eigenvalue weighted by Crippen LogP contribution is 2.50. The predicted molar refractivity (Wildman–Crippen MR) is 257 cm³/mol. The second-order valence-electron chi connectivity index (χ2n) is 19.8. The lowest BCUT2D eigenvalue weighted by atomic mass is 9.66. The number of hydrogen-bond acceptors (Lipinski definition) is 12. The maximum absolute atomic E-state index is 15.2. The molecule has 2 aliphatic carbocycles. The predicted octanol–water partition coefficient (Wildman–Crippen LogP) is 7.32. The van der Waals surface area contributed by atoms with Crippen LogP contribution >= 0.6 is 0 Å². The van der Waals surface area contributed by atoms with Gasteiger partial charge in [0.05, 0.1) is 30.7 Å². The van der Waals surface area contributed by atoms with E-state index in [1.54, 1.807) is 32.2 Å². The van der Waals surface area contributed by atoms with Crippen molar-refractivity contribution in [3.8, 4) is 23.3 Å². The third kappa shape index (κ3) is 11.0. The summed E-state index contributed by atoms with van der Waals surface area (Å²) in [6.45, 7) is 3.85. The third-order valence-electron chi connectivity index (χ3n) is 14.6. The number of nitrogens with one attached hydrogen (secondary N) is 1. The molecule has 3 aromatic rings. The van der Waals surface area contributed by atoms with E-state index >= 15 is 4.79 Å². The van der Waals surface area contributed by atoms with Crippen molar-refractivity contribution < 1.29 is 54.1 Å². The van der Waals surface area contributed by atoms with E-state index in [-0.39, 0.29) is 80.4 Å². The Labute approximate surface area is 399 Å². The van der Waals surface area contributed by atoms with E-state index in [2.05, 4.69) is 17.2 Å². The molecule has 0 spiro atoms. The van der Waals surface area contributed by atoms with Gasteiger partial charge in [0.15, 0.2) is 0 Å². The summed E-state index contributed by atoms with van der Waals surface area (Å²) in [5.74, 6) is 3.06. The molecule has 3 aliphatic heterocycles. The normalized spacial score (nSPS) is 27.9. The number of allylic oxidation sites excluding steroid dienone is 4. The van der Waals surface area contributed by atoms with Crippen LogP contribution in [0.3, 0.4) is 0 Å². The van der Waals surface area contributed by atoms with Gasteiger partial charge < -0.3 is 45.1 Å². The number of aliphatic hydroxyl groups is 4. The number of esters is 2. The molecule has 0 aromatic heterocycles. The smallest absolute Gasteiger partial charge is 0.334 e. The van der Waals surface area contributed by atoms with Gasteiger partial charge in [0.1, 0.15) is 29.0 Å². The number of fused-ring (bicyclic) bond motifs is 8. The molecule has 360 valence electrons. The highest BCUT2D eigenvalue weighted by molar-refractivity contribution is 5.89. The highest BCUT2D eigenvalue weighted by Gasteiger charge is 2.49. The first-order chi connectivity index (χ1) is 32.7. The van der Waals surface area contributed by atoms with Crippen molar-refractivity contribution in [2.75, 3.05) is 25.6 Å². The first kappa shape index (κ1) is 48.9. The Morgan fingerprint density at radius 3 is 2.53 bits per heavy atom. The number of benzene rings is 3. The van der Waals surface area contributed by atoms with Gasteiger partial charge in [-0.15, -0.1) is 0 Å². The van der Waals surface area contributed by atoms with Crippen LogP contribution in [0, 0.1) is 23.7 Å². The van der Waals surface area contributed by atoms with Gasteiger partial charge >= 0.3 is 11.9 Å². The summed E-state index contributed by atoms with van der Waals surface area (Å²) in [6.07, 6.45) is 9.81. The average molecular weight is 928 g/mol. The first-order valence-electron chi connectivity index (χ1n) is 24.2. The van der Waals surface area contributed by atoms with Gasteiger partial charge in [0, 0.05) is 86.1 Å². The SMILES string of the molecule is CCCC1(O)C2CCC(=O)C(Cc3cccc(c3)CC(O)C=C3CC(c4cc(CO)cc(NCC(C)(O)CCOC)c4)C#CC4CC(=O)Oc5c4cc(c(O)c5C4C=CC=CC4)CC1OC3=O)C2. The fourth-order valence-corrected chi connectivity index (χ4v) is 10.9. The molecule has 3 aromatic carbocycles. The summed E-state index contributed by atoms with van der Waals surface area (Å²) in [7, 11) is 1.57. The molecule has 0 amide bonds. The van der Waals surface area contributed by atoms with Crippen molar-refractivity contribution >= 4 is 23.4 Å². The Bertz CT molecular complexity index is 2550. The van der Waals surface area contributed by atoms with E-state index in [4.69, 9.17) is 14.2 Å². The lowest BCUT2D eigenvalue weighted by Crippen LogP contribution is -2.54. The molecule has 3 heterocycles. The monoisotopic (exact) mass is 927 g/mol. The number of methoxy groups -OCH3 is 1. The number of phenols is 1. The molecule has 12 nitrogen and oxygen atoms in total. The molecular weight excluding hydrogens is 863 g/mol. The molecule has 1 saturated carbocycles. The van der Waals surface area contributed by atoms with Crippen LogP contribution in [0.15, 0.2) is 84.5 Å².